The lowest BCUT2D eigenvalue weighted by Crippen LogP contribution is -2.37. The summed E-state index contributed by atoms with van der Waals surface area (Å²) in [5.41, 5.74) is -0.791. The van der Waals surface area contributed by atoms with E-state index in [2.05, 4.69) is 5.32 Å². The first-order chi connectivity index (χ1) is 11.3. The van der Waals surface area contributed by atoms with E-state index in [4.69, 9.17) is 9.15 Å². The van der Waals surface area contributed by atoms with Crippen molar-refractivity contribution in [2.75, 3.05) is 13.7 Å². The maximum absolute atomic E-state index is 13.6. The third-order valence-corrected chi connectivity index (χ3v) is 3.48. The molecule has 0 saturated heterocycles. The predicted octanol–water partition coefficient (Wildman–Crippen LogP) is 2.77. The second-order valence-electron chi connectivity index (χ2n) is 5.63. The maximum Gasteiger partial charge on any atom is 0.244 e. The molecule has 0 aliphatic rings. The van der Waals surface area contributed by atoms with Crippen LogP contribution < -0.4 is 10.1 Å². The van der Waals surface area contributed by atoms with Gasteiger partial charge in [0.05, 0.1) is 13.7 Å². The fourth-order valence-electron chi connectivity index (χ4n) is 2.09. The maximum atomic E-state index is 13.6. The van der Waals surface area contributed by atoms with Gasteiger partial charge in [-0.05, 0) is 49.8 Å². The van der Waals surface area contributed by atoms with Crippen molar-refractivity contribution in [3.8, 4) is 5.75 Å². The van der Waals surface area contributed by atoms with Crippen molar-refractivity contribution in [1.82, 2.24) is 5.32 Å². The number of carbonyl (C=O) groups excluding carboxylic acids is 1. The van der Waals surface area contributed by atoms with E-state index >= 15 is 0 Å². The largest absolute Gasteiger partial charge is 0.494 e. The molecule has 0 bridgehead atoms. The van der Waals surface area contributed by atoms with E-state index in [1.54, 1.807) is 32.0 Å². The quantitative estimate of drug-likeness (QED) is 0.798. The van der Waals surface area contributed by atoms with Crippen LogP contribution in [0.15, 0.2) is 40.8 Å². The molecule has 0 aliphatic carbocycles. The standard InChI is InChI=1S/C18H20FNO4/c1-12-4-8-16(24-12)18(2,22)11-20-17(21)9-6-13-5-7-15(23-3)14(19)10-13/h4-10,22H,11H2,1-3H3,(H,20,21)/b9-6+. The van der Waals surface area contributed by atoms with Gasteiger partial charge in [0.15, 0.2) is 11.6 Å². The Labute approximate surface area is 139 Å². The molecule has 1 aromatic carbocycles. The van der Waals surface area contributed by atoms with Crippen molar-refractivity contribution >= 4 is 12.0 Å². The van der Waals surface area contributed by atoms with Gasteiger partial charge in [-0.2, -0.15) is 0 Å². The number of aliphatic hydroxyl groups is 1. The van der Waals surface area contributed by atoms with Gasteiger partial charge in [0.1, 0.15) is 17.1 Å². The molecular weight excluding hydrogens is 313 g/mol. The number of ether oxygens (including phenoxy) is 1. The van der Waals surface area contributed by atoms with Crippen molar-refractivity contribution < 1.29 is 23.4 Å². The highest BCUT2D eigenvalue weighted by molar-refractivity contribution is 5.91. The average molecular weight is 333 g/mol. The summed E-state index contributed by atoms with van der Waals surface area (Å²) in [4.78, 5) is 11.8. The summed E-state index contributed by atoms with van der Waals surface area (Å²) in [6.07, 6.45) is 2.74. The Morgan fingerprint density at radius 1 is 1.42 bits per heavy atom. The van der Waals surface area contributed by atoms with E-state index in [9.17, 15) is 14.3 Å². The van der Waals surface area contributed by atoms with E-state index < -0.39 is 17.3 Å². The molecule has 0 aliphatic heterocycles. The average Bonchev–Trinajstić information content (AvgIpc) is 2.98. The number of amides is 1. The van der Waals surface area contributed by atoms with Crippen LogP contribution in [0.1, 0.15) is 24.0 Å². The number of nitrogens with one attached hydrogen (secondary N) is 1. The Morgan fingerprint density at radius 2 is 2.17 bits per heavy atom. The first kappa shape index (κ1) is 17.7. The van der Waals surface area contributed by atoms with Gasteiger partial charge in [-0.3, -0.25) is 4.79 Å². The van der Waals surface area contributed by atoms with Gasteiger partial charge < -0.3 is 19.6 Å². The molecule has 2 rings (SSSR count). The normalized spacial score (nSPS) is 13.7. The SMILES string of the molecule is COc1ccc(/C=C/C(=O)NCC(C)(O)c2ccc(C)o2)cc1F. The van der Waals surface area contributed by atoms with Gasteiger partial charge in [0.25, 0.3) is 0 Å². The van der Waals surface area contributed by atoms with Gasteiger partial charge in [-0.25, -0.2) is 4.39 Å². The second kappa shape index (κ2) is 7.31. The van der Waals surface area contributed by atoms with E-state index in [0.717, 1.165) is 0 Å². The van der Waals surface area contributed by atoms with Gasteiger partial charge in [0, 0.05) is 6.08 Å². The molecule has 0 fully saturated rings. The van der Waals surface area contributed by atoms with Crippen LogP contribution in [0.2, 0.25) is 0 Å². The summed E-state index contributed by atoms with van der Waals surface area (Å²) in [6, 6.07) is 7.79. The van der Waals surface area contributed by atoms with Gasteiger partial charge in [-0.1, -0.05) is 6.07 Å². The summed E-state index contributed by atoms with van der Waals surface area (Å²) in [6.45, 7) is 3.31. The lowest BCUT2D eigenvalue weighted by atomic mass is 10.0. The molecule has 0 spiro atoms. The number of hydrogen-bond acceptors (Lipinski definition) is 4. The Balaban J connectivity index is 1.94. The van der Waals surface area contributed by atoms with Crippen LogP contribution in [0.4, 0.5) is 4.39 Å². The first-order valence-corrected chi connectivity index (χ1v) is 7.40. The zero-order valence-corrected chi connectivity index (χ0v) is 13.8. The number of hydrogen-bond donors (Lipinski definition) is 2. The molecule has 1 unspecified atom stereocenters. The van der Waals surface area contributed by atoms with Crippen LogP contribution in [-0.2, 0) is 10.4 Å². The third-order valence-electron chi connectivity index (χ3n) is 3.48. The molecular formula is C18H20FNO4. The van der Waals surface area contributed by atoms with Crippen LogP contribution in [0.3, 0.4) is 0 Å². The minimum Gasteiger partial charge on any atom is -0.494 e. The summed E-state index contributed by atoms with van der Waals surface area (Å²) >= 11 is 0. The lowest BCUT2D eigenvalue weighted by molar-refractivity contribution is -0.117. The van der Waals surface area contributed by atoms with Crippen molar-refractivity contribution in [1.29, 1.82) is 0 Å². The highest BCUT2D eigenvalue weighted by Gasteiger charge is 2.27. The minimum atomic E-state index is -1.32. The van der Waals surface area contributed by atoms with E-state index in [1.165, 1.54) is 31.4 Å². The smallest absolute Gasteiger partial charge is 0.244 e. The molecule has 2 N–H and O–H groups in total. The van der Waals surface area contributed by atoms with Gasteiger partial charge in [-0.15, -0.1) is 0 Å². The summed E-state index contributed by atoms with van der Waals surface area (Å²) < 4.78 is 23.8. The highest BCUT2D eigenvalue weighted by Crippen LogP contribution is 2.22. The Bertz CT molecular complexity index is 749. The third kappa shape index (κ3) is 4.45. The van der Waals surface area contributed by atoms with Crippen LogP contribution in [0.5, 0.6) is 5.75 Å². The molecule has 0 radical (unpaired) electrons. The van der Waals surface area contributed by atoms with Crippen LogP contribution >= 0.6 is 0 Å². The monoisotopic (exact) mass is 333 g/mol. The fraction of sp³-hybridized carbons (Fsp3) is 0.278. The molecule has 6 heteroatoms. The summed E-state index contributed by atoms with van der Waals surface area (Å²) in [5, 5.41) is 12.9. The molecule has 0 saturated carbocycles. The fourth-order valence-corrected chi connectivity index (χ4v) is 2.09. The van der Waals surface area contributed by atoms with Crippen molar-refractivity contribution in [2.45, 2.75) is 19.4 Å². The summed E-state index contributed by atoms with van der Waals surface area (Å²) in [5.74, 6) is 0.284. The molecule has 24 heavy (non-hydrogen) atoms. The number of methoxy groups -OCH3 is 1. The second-order valence-corrected chi connectivity index (χ2v) is 5.63. The highest BCUT2D eigenvalue weighted by atomic mass is 19.1. The number of benzene rings is 1. The van der Waals surface area contributed by atoms with Gasteiger partial charge >= 0.3 is 0 Å². The molecule has 1 heterocycles. The molecule has 1 atom stereocenters. The lowest BCUT2D eigenvalue weighted by Gasteiger charge is -2.20. The number of rotatable bonds is 6. The minimum absolute atomic E-state index is 0.0138. The number of carbonyl (C=O) groups is 1. The molecule has 5 nitrogen and oxygen atoms in total. The zero-order valence-electron chi connectivity index (χ0n) is 13.8. The van der Waals surface area contributed by atoms with Crippen LogP contribution in [0.25, 0.3) is 6.08 Å². The van der Waals surface area contributed by atoms with Gasteiger partial charge in [0.2, 0.25) is 5.91 Å². The van der Waals surface area contributed by atoms with Crippen LogP contribution in [-0.4, -0.2) is 24.7 Å². The topological polar surface area (TPSA) is 71.7 Å². The van der Waals surface area contributed by atoms with Crippen molar-refractivity contribution in [3.05, 3.63) is 59.3 Å². The predicted molar refractivity (Wildman–Crippen MR) is 88.0 cm³/mol. The molecule has 2 aromatic rings. The zero-order chi connectivity index (χ0) is 17.7. The van der Waals surface area contributed by atoms with Crippen molar-refractivity contribution in [2.24, 2.45) is 0 Å². The van der Waals surface area contributed by atoms with E-state index in [0.29, 0.717) is 17.1 Å². The Kier molecular flexibility index (Phi) is 5.41. The van der Waals surface area contributed by atoms with E-state index in [-0.39, 0.29) is 12.3 Å². The van der Waals surface area contributed by atoms with Crippen LogP contribution in [0, 0.1) is 12.7 Å². The molecule has 1 aromatic heterocycles. The molecule has 1 amide bonds. The number of furan rings is 1. The Morgan fingerprint density at radius 3 is 2.75 bits per heavy atom. The van der Waals surface area contributed by atoms with E-state index in [1.807, 2.05) is 0 Å². The Hall–Kier alpha value is -2.60. The summed E-state index contributed by atoms with van der Waals surface area (Å²) in [7, 11) is 1.38. The number of halogens is 1. The van der Waals surface area contributed by atoms with Crippen molar-refractivity contribution in [3.63, 3.8) is 0 Å². The molecule has 128 valence electrons. The first-order valence-electron chi connectivity index (χ1n) is 7.40. The number of aryl methyl sites for hydroxylation is 1.